The molecule has 3 heterocycles. The van der Waals surface area contributed by atoms with Crippen LogP contribution in [0.5, 0.6) is 0 Å². The molecule has 1 aromatic carbocycles. The number of hydrogen-bond donors (Lipinski definition) is 1. The molecule has 0 radical (unpaired) electrons. The van der Waals surface area contributed by atoms with E-state index in [9.17, 15) is 4.79 Å². The fraction of sp³-hybridized carbons (Fsp3) is 0.286. The molecule has 1 aliphatic heterocycles. The molecule has 0 aliphatic carbocycles. The highest BCUT2D eigenvalue weighted by molar-refractivity contribution is 6.03. The van der Waals surface area contributed by atoms with Crippen molar-refractivity contribution in [2.24, 2.45) is 0 Å². The lowest BCUT2D eigenvalue weighted by molar-refractivity contribution is 0.101. The van der Waals surface area contributed by atoms with Crippen molar-refractivity contribution >= 4 is 17.3 Å². The Kier molecular flexibility index (Phi) is 5.14. The van der Waals surface area contributed by atoms with Crippen LogP contribution in [0.15, 0.2) is 59.4 Å². The molecule has 27 heavy (non-hydrogen) atoms. The van der Waals surface area contributed by atoms with Crippen molar-refractivity contribution in [2.75, 3.05) is 23.3 Å². The first kappa shape index (κ1) is 17.3. The summed E-state index contributed by atoms with van der Waals surface area (Å²) in [6, 6.07) is 13.3. The van der Waals surface area contributed by atoms with Gasteiger partial charge in [-0.15, -0.1) is 0 Å². The van der Waals surface area contributed by atoms with Crippen molar-refractivity contribution in [1.82, 2.24) is 10.1 Å². The van der Waals surface area contributed by atoms with E-state index in [1.165, 1.54) is 31.4 Å². The van der Waals surface area contributed by atoms with E-state index in [0.717, 1.165) is 24.3 Å². The third kappa shape index (κ3) is 4.16. The Hall–Kier alpha value is -3.15. The maximum atomic E-state index is 12.4. The number of amides is 1. The predicted octanol–water partition coefficient (Wildman–Crippen LogP) is 4.37. The van der Waals surface area contributed by atoms with Gasteiger partial charge in [-0.25, -0.2) is 0 Å². The van der Waals surface area contributed by atoms with Crippen molar-refractivity contribution < 1.29 is 9.32 Å². The third-order valence-corrected chi connectivity index (χ3v) is 4.79. The van der Waals surface area contributed by atoms with E-state index in [-0.39, 0.29) is 11.6 Å². The van der Waals surface area contributed by atoms with Crippen LogP contribution in [0.4, 0.5) is 11.4 Å². The van der Waals surface area contributed by atoms with E-state index in [0.29, 0.717) is 5.76 Å². The summed E-state index contributed by atoms with van der Waals surface area (Å²) in [6.45, 7) is 2.20. The van der Waals surface area contributed by atoms with Crippen molar-refractivity contribution in [1.29, 1.82) is 0 Å². The second-order valence-electron chi connectivity index (χ2n) is 6.72. The summed E-state index contributed by atoms with van der Waals surface area (Å²) in [5.74, 6) is 0.223. The highest BCUT2D eigenvalue weighted by atomic mass is 16.5. The van der Waals surface area contributed by atoms with Gasteiger partial charge >= 0.3 is 0 Å². The van der Waals surface area contributed by atoms with Crippen molar-refractivity contribution in [3.63, 3.8) is 0 Å². The molecule has 3 aromatic rings. The van der Waals surface area contributed by atoms with Gasteiger partial charge in [-0.2, -0.15) is 0 Å². The molecule has 2 aromatic heterocycles. The second-order valence-corrected chi connectivity index (χ2v) is 6.72. The van der Waals surface area contributed by atoms with E-state index >= 15 is 0 Å². The monoisotopic (exact) mass is 362 g/mol. The maximum Gasteiger partial charge on any atom is 0.277 e. The van der Waals surface area contributed by atoms with Gasteiger partial charge < -0.3 is 14.7 Å². The van der Waals surface area contributed by atoms with Gasteiger partial charge in [-0.3, -0.25) is 9.78 Å². The fourth-order valence-corrected chi connectivity index (χ4v) is 3.31. The van der Waals surface area contributed by atoms with Crippen LogP contribution in [0.3, 0.4) is 0 Å². The van der Waals surface area contributed by atoms with Crippen molar-refractivity contribution in [2.45, 2.75) is 25.7 Å². The van der Waals surface area contributed by atoms with Crippen molar-refractivity contribution in [3.8, 4) is 11.3 Å². The van der Waals surface area contributed by atoms with Crippen LogP contribution in [-0.2, 0) is 0 Å². The van der Waals surface area contributed by atoms with Gasteiger partial charge in [0.1, 0.15) is 0 Å². The third-order valence-electron chi connectivity index (χ3n) is 4.79. The van der Waals surface area contributed by atoms with E-state index in [4.69, 9.17) is 4.52 Å². The zero-order valence-electron chi connectivity index (χ0n) is 15.1. The number of benzene rings is 1. The lowest BCUT2D eigenvalue weighted by Gasteiger charge is -2.22. The zero-order chi connectivity index (χ0) is 18.5. The Morgan fingerprint density at radius 2 is 1.81 bits per heavy atom. The fourth-order valence-electron chi connectivity index (χ4n) is 3.31. The molecule has 0 bridgehead atoms. The molecular formula is C21H22N4O2. The largest absolute Gasteiger partial charge is 0.372 e. The highest BCUT2D eigenvalue weighted by Gasteiger charge is 2.15. The van der Waals surface area contributed by atoms with Crippen LogP contribution in [0.1, 0.15) is 36.2 Å². The summed E-state index contributed by atoms with van der Waals surface area (Å²) < 4.78 is 5.26. The predicted molar refractivity (Wildman–Crippen MR) is 105 cm³/mol. The second kappa shape index (κ2) is 8.03. The molecule has 6 nitrogen and oxygen atoms in total. The Bertz CT molecular complexity index is 882. The summed E-state index contributed by atoms with van der Waals surface area (Å²) in [5, 5.41) is 6.74. The summed E-state index contributed by atoms with van der Waals surface area (Å²) in [7, 11) is 0. The number of aromatic nitrogens is 2. The number of carbonyl (C=O) groups is 1. The van der Waals surface area contributed by atoms with Gasteiger partial charge in [-0.05, 0) is 49.2 Å². The average Bonchev–Trinajstić information content (AvgIpc) is 3.06. The minimum Gasteiger partial charge on any atom is -0.372 e. The number of rotatable bonds is 4. The Morgan fingerprint density at radius 3 is 2.52 bits per heavy atom. The lowest BCUT2D eigenvalue weighted by atomic mass is 10.2. The van der Waals surface area contributed by atoms with Crippen LogP contribution in [0.2, 0.25) is 0 Å². The first-order valence-corrected chi connectivity index (χ1v) is 9.33. The molecule has 0 unspecified atom stereocenters. The van der Waals surface area contributed by atoms with Crippen LogP contribution < -0.4 is 10.2 Å². The summed E-state index contributed by atoms with van der Waals surface area (Å²) in [5.41, 5.74) is 2.97. The smallest absolute Gasteiger partial charge is 0.277 e. The molecule has 1 N–H and O–H groups in total. The molecule has 138 valence electrons. The highest BCUT2D eigenvalue weighted by Crippen LogP contribution is 2.23. The summed E-state index contributed by atoms with van der Waals surface area (Å²) in [6.07, 6.45) is 8.45. The number of nitrogens with zero attached hydrogens (tertiary/aromatic N) is 3. The van der Waals surface area contributed by atoms with Gasteiger partial charge in [0, 0.05) is 48.5 Å². The number of nitrogens with one attached hydrogen (secondary N) is 1. The Labute approximate surface area is 158 Å². The average molecular weight is 362 g/mol. The lowest BCUT2D eigenvalue weighted by Crippen LogP contribution is -2.23. The van der Waals surface area contributed by atoms with E-state index < -0.39 is 0 Å². The molecule has 1 amide bonds. The SMILES string of the molecule is O=C(Nc1ccc(N2CCCCCC2)cc1)c1cc(-c2cccnc2)on1. The Balaban J connectivity index is 1.41. The zero-order valence-corrected chi connectivity index (χ0v) is 15.1. The molecule has 1 fully saturated rings. The first-order valence-electron chi connectivity index (χ1n) is 9.33. The van der Waals surface area contributed by atoms with Gasteiger partial charge in [0.2, 0.25) is 0 Å². The maximum absolute atomic E-state index is 12.4. The molecule has 6 heteroatoms. The van der Waals surface area contributed by atoms with Gasteiger partial charge in [-0.1, -0.05) is 18.0 Å². The topological polar surface area (TPSA) is 71.3 Å². The number of hydrogen-bond acceptors (Lipinski definition) is 5. The van der Waals surface area contributed by atoms with Crippen LogP contribution in [0, 0.1) is 0 Å². The minimum atomic E-state index is -0.295. The molecule has 0 spiro atoms. The number of pyridine rings is 1. The molecule has 1 saturated heterocycles. The molecule has 0 atom stereocenters. The Morgan fingerprint density at radius 1 is 1.04 bits per heavy atom. The molecule has 0 saturated carbocycles. The van der Waals surface area contributed by atoms with Crippen LogP contribution in [-0.4, -0.2) is 29.1 Å². The van der Waals surface area contributed by atoms with Gasteiger partial charge in [0.25, 0.3) is 5.91 Å². The molecular weight excluding hydrogens is 340 g/mol. The quantitative estimate of drug-likeness (QED) is 0.746. The first-order chi connectivity index (χ1) is 13.3. The minimum absolute atomic E-state index is 0.241. The normalized spacial score (nSPS) is 14.6. The van der Waals surface area contributed by atoms with E-state index in [1.54, 1.807) is 18.5 Å². The van der Waals surface area contributed by atoms with Gasteiger partial charge in [0.05, 0.1) is 0 Å². The van der Waals surface area contributed by atoms with Gasteiger partial charge in [0.15, 0.2) is 11.5 Å². The number of anilines is 2. The van der Waals surface area contributed by atoms with E-state index in [1.807, 2.05) is 24.3 Å². The van der Waals surface area contributed by atoms with E-state index in [2.05, 4.69) is 32.5 Å². The summed E-state index contributed by atoms with van der Waals surface area (Å²) >= 11 is 0. The number of carbonyl (C=O) groups excluding carboxylic acids is 1. The standard InChI is InChI=1S/C21H22N4O2/c26-21(19-14-20(27-24-19)16-6-5-11-22-15-16)23-17-7-9-18(10-8-17)25-12-3-1-2-4-13-25/h5-11,14-15H,1-4,12-13H2,(H,23,26). The van der Waals surface area contributed by atoms with Crippen LogP contribution in [0.25, 0.3) is 11.3 Å². The van der Waals surface area contributed by atoms with Crippen LogP contribution >= 0.6 is 0 Å². The molecule has 1 aliphatic rings. The molecule has 4 rings (SSSR count). The summed E-state index contributed by atoms with van der Waals surface area (Å²) in [4.78, 5) is 18.9. The van der Waals surface area contributed by atoms with Crippen molar-refractivity contribution in [3.05, 3.63) is 60.6 Å².